The number of pyridine rings is 1. The van der Waals surface area contributed by atoms with Crippen LogP contribution in [0.5, 0.6) is 0 Å². The number of hydrogen-bond acceptors (Lipinski definition) is 0. The summed E-state index contributed by atoms with van der Waals surface area (Å²) < 4.78 is 2.53. The number of benzene rings is 1. The van der Waals surface area contributed by atoms with Crippen molar-refractivity contribution in [3.05, 3.63) is 53.7 Å². The summed E-state index contributed by atoms with van der Waals surface area (Å²) >= 11 is 0. The molecule has 1 aliphatic rings. The van der Waals surface area contributed by atoms with E-state index in [9.17, 15) is 0 Å². The number of aromatic nitrogens is 1. The van der Waals surface area contributed by atoms with Crippen LogP contribution in [0.1, 0.15) is 37.8 Å². The second-order valence-electron chi connectivity index (χ2n) is 5.73. The molecule has 2 heterocycles. The zero-order valence-corrected chi connectivity index (χ0v) is 12.1. The van der Waals surface area contributed by atoms with Crippen LogP contribution in [-0.4, -0.2) is 0 Å². The fourth-order valence-electron chi connectivity index (χ4n) is 3.42. The molecule has 0 spiro atoms. The van der Waals surface area contributed by atoms with Crippen molar-refractivity contribution in [1.82, 2.24) is 0 Å². The highest BCUT2D eigenvalue weighted by Crippen LogP contribution is 2.35. The van der Waals surface area contributed by atoms with E-state index in [0.29, 0.717) is 0 Å². The Kier molecular flexibility index (Phi) is 2.93. The molecule has 1 aromatic carbocycles. The number of fused-ring (bicyclic) bond motifs is 3. The summed E-state index contributed by atoms with van der Waals surface area (Å²) in [6, 6.07) is 13.4. The quantitative estimate of drug-likeness (QED) is 0.711. The monoisotopic (exact) mass is 252 g/mol. The minimum atomic E-state index is 0.246. The molecule has 0 aliphatic carbocycles. The Morgan fingerprint density at radius 3 is 2.53 bits per heavy atom. The predicted molar refractivity (Wildman–Crippen MR) is 79.1 cm³/mol. The van der Waals surface area contributed by atoms with Gasteiger partial charge < -0.3 is 0 Å². The van der Waals surface area contributed by atoms with Crippen LogP contribution in [0.2, 0.25) is 0 Å². The molecule has 0 N–H and O–H groups in total. The minimum Gasteiger partial charge on any atom is -0.192 e. The van der Waals surface area contributed by atoms with E-state index in [0.717, 1.165) is 6.42 Å². The molecule has 98 valence electrons. The van der Waals surface area contributed by atoms with E-state index >= 15 is 0 Å². The Bertz CT molecular complexity index is 609. The maximum atomic E-state index is 2.53. The number of nitrogens with zero attached hydrogens (tertiary/aromatic N) is 1. The van der Waals surface area contributed by atoms with Gasteiger partial charge in [0.2, 0.25) is 5.69 Å². The summed E-state index contributed by atoms with van der Waals surface area (Å²) in [7, 11) is 0. The van der Waals surface area contributed by atoms with E-state index in [1.165, 1.54) is 35.2 Å². The summed E-state index contributed by atoms with van der Waals surface area (Å²) in [5.74, 6) is 0. The molecular formula is C18H22N+. The first-order chi connectivity index (χ1) is 9.20. The average Bonchev–Trinajstić information content (AvgIpc) is 2.46. The van der Waals surface area contributed by atoms with Crippen LogP contribution in [-0.2, 0) is 12.0 Å². The molecule has 0 bridgehead atoms. The van der Waals surface area contributed by atoms with E-state index < -0.39 is 0 Å². The molecular weight excluding hydrogens is 230 g/mol. The third-order valence-corrected chi connectivity index (χ3v) is 4.74. The lowest BCUT2D eigenvalue weighted by molar-refractivity contribution is -0.758. The van der Waals surface area contributed by atoms with Gasteiger partial charge in [-0.05, 0) is 24.6 Å². The van der Waals surface area contributed by atoms with Gasteiger partial charge in [-0.1, -0.05) is 32.0 Å². The Morgan fingerprint density at radius 1 is 1.05 bits per heavy atom. The lowest BCUT2D eigenvalue weighted by Gasteiger charge is -2.32. The van der Waals surface area contributed by atoms with Crippen molar-refractivity contribution < 1.29 is 4.57 Å². The molecule has 0 fully saturated rings. The molecule has 0 radical (unpaired) electrons. The molecule has 0 amide bonds. The van der Waals surface area contributed by atoms with Gasteiger partial charge in [0.1, 0.15) is 0 Å². The Morgan fingerprint density at radius 2 is 1.79 bits per heavy atom. The lowest BCUT2D eigenvalue weighted by Crippen LogP contribution is -2.60. The summed E-state index contributed by atoms with van der Waals surface area (Å²) in [6.45, 7) is 6.82. The van der Waals surface area contributed by atoms with Crippen LogP contribution in [0.3, 0.4) is 0 Å². The molecule has 2 aromatic rings. The fourth-order valence-corrected chi connectivity index (χ4v) is 3.42. The zero-order valence-electron chi connectivity index (χ0n) is 12.1. The van der Waals surface area contributed by atoms with E-state index in [4.69, 9.17) is 0 Å². The van der Waals surface area contributed by atoms with Crippen LogP contribution in [0.25, 0.3) is 11.3 Å². The highest BCUT2D eigenvalue weighted by molar-refractivity contribution is 5.62. The maximum Gasteiger partial charge on any atom is 0.213 e. The fraction of sp³-hybridized carbons (Fsp3) is 0.389. The van der Waals surface area contributed by atoms with Gasteiger partial charge in [0, 0.05) is 36.5 Å². The molecule has 1 aromatic heterocycles. The minimum absolute atomic E-state index is 0.246. The highest BCUT2D eigenvalue weighted by Gasteiger charge is 2.43. The van der Waals surface area contributed by atoms with E-state index in [2.05, 4.69) is 67.9 Å². The Hall–Kier alpha value is -1.63. The van der Waals surface area contributed by atoms with Gasteiger partial charge in [-0.3, -0.25) is 0 Å². The van der Waals surface area contributed by atoms with Crippen molar-refractivity contribution in [1.29, 1.82) is 0 Å². The Labute approximate surface area is 115 Å². The predicted octanol–water partition coefficient (Wildman–Crippen LogP) is 4.02. The number of rotatable bonds is 2. The molecule has 1 heteroatoms. The van der Waals surface area contributed by atoms with Crippen LogP contribution in [0.15, 0.2) is 42.6 Å². The van der Waals surface area contributed by atoms with Crippen molar-refractivity contribution in [2.24, 2.45) is 0 Å². The van der Waals surface area contributed by atoms with E-state index in [1.54, 1.807) is 0 Å². The van der Waals surface area contributed by atoms with Crippen molar-refractivity contribution in [3.8, 4) is 11.3 Å². The van der Waals surface area contributed by atoms with Crippen LogP contribution < -0.4 is 4.57 Å². The molecule has 0 saturated carbocycles. The van der Waals surface area contributed by atoms with Gasteiger partial charge in [0.15, 0.2) is 11.7 Å². The smallest absolute Gasteiger partial charge is 0.192 e. The molecule has 0 saturated heterocycles. The zero-order chi connectivity index (χ0) is 13.5. The summed E-state index contributed by atoms with van der Waals surface area (Å²) in [5, 5.41) is 0. The number of aryl methyl sites for hydroxylation is 1. The standard InChI is InChI=1S/C18H22N/c1-4-18(5-2)12-15-8-6-7-9-16(15)17-11-10-14(3)13-19(17)18/h6-11,13H,4-5,12H2,1-3H3/q+1. The summed E-state index contributed by atoms with van der Waals surface area (Å²) in [5.41, 5.74) is 5.86. The van der Waals surface area contributed by atoms with Crippen LogP contribution in [0.4, 0.5) is 0 Å². The molecule has 0 unspecified atom stereocenters. The first kappa shape index (κ1) is 12.4. The van der Waals surface area contributed by atoms with E-state index in [-0.39, 0.29) is 5.54 Å². The van der Waals surface area contributed by atoms with Gasteiger partial charge in [0.05, 0.1) is 0 Å². The van der Waals surface area contributed by atoms with E-state index in [1.807, 2.05) is 0 Å². The molecule has 3 rings (SSSR count). The largest absolute Gasteiger partial charge is 0.213 e. The van der Waals surface area contributed by atoms with Gasteiger partial charge in [-0.15, -0.1) is 0 Å². The molecule has 0 atom stereocenters. The summed E-state index contributed by atoms with van der Waals surface area (Å²) in [6.07, 6.45) is 5.84. The van der Waals surface area contributed by atoms with Gasteiger partial charge in [0.25, 0.3) is 0 Å². The topological polar surface area (TPSA) is 3.88 Å². The third kappa shape index (κ3) is 1.80. The van der Waals surface area contributed by atoms with Crippen molar-refractivity contribution in [3.63, 3.8) is 0 Å². The van der Waals surface area contributed by atoms with Gasteiger partial charge in [-0.25, -0.2) is 0 Å². The van der Waals surface area contributed by atoms with Gasteiger partial charge in [-0.2, -0.15) is 4.57 Å². The highest BCUT2D eigenvalue weighted by atomic mass is 15.1. The lowest BCUT2D eigenvalue weighted by atomic mass is 9.79. The third-order valence-electron chi connectivity index (χ3n) is 4.74. The van der Waals surface area contributed by atoms with Gasteiger partial charge >= 0.3 is 0 Å². The number of hydrogen-bond donors (Lipinski definition) is 0. The average molecular weight is 252 g/mol. The normalized spacial score (nSPS) is 15.7. The second kappa shape index (κ2) is 4.48. The maximum absolute atomic E-state index is 2.53. The molecule has 1 nitrogen and oxygen atoms in total. The van der Waals surface area contributed by atoms with Crippen molar-refractivity contribution >= 4 is 0 Å². The van der Waals surface area contributed by atoms with Crippen LogP contribution in [0, 0.1) is 6.92 Å². The summed E-state index contributed by atoms with van der Waals surface area (Å²) in [4.78, 5) is 0. The Balaban J connectivity index is 2.31. The molecule has 19 heavy (non-hydrogen) atoms. The SMILES string of the molecule is CCC1(CC)Cc2ccccc2-c2ccc(C)c[n+]21. The first-order valence-electron chi connectivity index (χ1n) is 7.31. The van der Waals surface area contributed by atoms with Crippen molar-refractivity contribution in [2.45, 2.75) is 45.6 Å². The van der Waals surface area contributed by atoms with Crippen molar-refractivity contribution in [2.75, 3.05) is 0 Å². The van der Waals surface area contributed by atoms with Crippen LogP contribution >= 0.6 is 0 Å². The molecule has 1 aliphatic heterocycles. The second-order valence-corrected chi connectivity index (χ2v) is 5.73. The first-order valence-corrected chi connectivity index (χ1v) is 7.31.